The molecule has 0 aliphatic carbocycles. The molecule has 0 radical (unpaired) electrons. The summed E-state index contributed by atoms with van der Waals surface area (Å²) in [6.07, 6.45) is 10.8. The minimum absolute atomic E-state index is 0.519. The first-order chi connectivity index (χ1) is 7.74. The first-order valence-electron chi connectivity index (χ1n) is 5.84. The van der Waals surface area contributed by atoms with E-state index in [0.29, 0.717) is 5.92 Å². The highest BCUT2D eigenvalue weighted by atomic mass is 14.8. The maximum absolute atomic E-state index is 4.49. The van der Waals surface area contributed by atoms with Gasteiger partial charge < -0.3 is 0 Å². The topological polar surface area (TPSA) is 24.7 Å². The monoisotopic (exact) mass is 216 g/mol. The average Bonchev–Trinajstić information content (AvgIpc) is 2.34. The summed E-state index contributed by atoms with van der Waals surface area (Å²) in [5, 5.41) is 0. The van der Waals surface area contributed by atoms with Crippen molar-refractivity contribution in [3.8, 4) is 0 Å². The van der Waals surface area contributed by atoms with Gasteiger partial charge in [-0.3, -0.25) is 9.98 Å². The Morgan fingerprint density at radius 3 is 2.75 bits per heavy atom. The zero-order valence-electron chi connectivity index (χ0n) is 10.6. The van der Waals surface area contributed by atoms with Crippen LogP contribution >= 0.6 is 0 Å². The summed E-state index contributed by atoms with van der Waals surface area (Å²) in [4.78, 5) is 8.83. The molecule has 2 heteroatoms. The summed E-state index contributed by atoms with van der Waals surface area (Å²) in [6.45, 7) is 8.39. The summed E-state index contributed by atoms with van der Waals surface area (Å²) in [6, 6.07) is 0. The average molecular weight is 216 g/mol. The van der Waals surface area contributed by atoms with Crippen LogP contribution in [0.25, 0.3) is 0 Å². The molecule has 86 valence electrons. The van der Waals surface area contributed by atoms with Crippen LogP contribution in [-0.4, -0.2) is 11.9 Å². The quantitative estimate of drug-likeness (QED) is 0.683. The van der Waals surface area contributed by atoms with Crippen molar-refractivity contribution in [3.63, 3.8) is 0 Å². The summed E-state index contributed by atoms with van der Waals surface area (Å²) < 4.78 is 0. The second-order valence-electron chi connectivity index (χ2n) is 3.84. The lowest BCUT2D eigenvalue weighted by molar-refractivity contribution is 0.678. The van der Waals surface area contributed by atoms with Crippen LogP contribution in [0.4, 0.5) is 0 Å². The van der Waals surface area contributed by atoms with Gasteiger partial charge >= 0.3 is 0 Å². The first-order valence-corrected chi connectivity index (χ1v) is 5.84. The standard InChI is InChI=1S/C14H20N2/c1-5-9-16-14-12(11(4)6-2)8-10-15-13(14)7-3/h5,7-11H,6H2,1-4H3/b9-5-,13-7+,16-14-. The van der Waals surface area contributed by atoms with E-state index in [4.69, 9.17) is 0 Å². The molecule has 16 heavy (non-hydrogen) atoms. The maximum Gasteiger partial charge on any atom is 0.0917 e. The highest BCUT2D eigenvalue weighted by molar-refractivity contribution is 6.17. The molecule has 0 fully saturated rings. The van der Waals surface area contributed by atoms with Gasteiger partial charge in [0.05, 0.1) is 11.4 Å². The second kappa shape index (κ2) is 6.21. The van der Waals surface area contributed by atoms with Gasteiger partial charge in [-0.1, -0.05) is 26.0 Å². The van der Waals surface area contributed by atoms with Gasteiger partial charge in [0.1, 0.15) is 0 Å². The van der Waals surface area contributed by atoms with Crippen LogP contribution in [0.5, 0.6) is 0 Å². The number of aliphatic imine (C=N–C) groups is 2. The summed E-state index contributed by atoms with van der Waals surface area (Å²) in [5.74, 6) is 0.519. The van der Waals surface area contributed by atoms with Gasteiger partial charge in [-0.25, -0.2) is 0 Å². The molecule has 0 saturated carbocycles. The van der Waals surface area contributed by atoms with Crippen molar-refractivity contribution in [2.75, 3.05) is 0 Å². The number of hydrogen-bond acceptors (Lipinski definition) is 2. The van der Waals surface area contributed by atoms with E-state index < -0.39 is 0 Å². The summed E-state index contributed by atoms with van der Waals surface area (Å²) >= 11 is 0. The molecule has 1 aliphatic heterocycles. The smallest absolute Gasteiger partial charge is 0.0917 e. The number of dihydropyridines is 1. The fourth-order valence-corrected chi connectivity index (χ4v) is 1.60. The molecule has 0 aromatic carbocycles. The van der Waals surface area contributed by atoms with E-state index in [-0.39, 0.29) is 0 Å². The van der Waals surface area contributed by atoms with E-state index in [1.54, 1.807) is 0 Å². The van der Waals surface area contributed by atoms with Crippen LogP contribution in [0.2, 0.25) is 0 Å². The van der Waals surface area contributed by atoms with Gasteiger partial charge in [0, 0.05) is 12.4 Å². The SMILES string of the molecule is C\C=C/N=C1/C(C(C)CC)=CC=N/C1=C/C. The van der Waals surface area contributed by atoms with Crippen molar-refractivity contribution in [3.05, 3.63) is 35.7 Å². The molecule has 1 heterocycles. The fraction of sp³-hybridized carbons (Fsp3) is 0.429. The number of rotatable bonds is 3. The highest BCUT2D eigenvalue weighted by Crippen LogP contribution is 2.23. The molecule has 0 bridgehead atoms. The van der Waals surface area contributed by atoms with E-state index in [2.05, 4.69) is 29.9 Å². The molecule has 0 aromatic heterocycles. The Balaban J connectivity index is 3.13. The number of hydrogen-bond donors (Lipinski definition) is 0. The molecule has 0 spiro atoms. The molecule has 1 aliphatic rings. The van der Waals surface area contributed by atoms with Crippen LogP contribution in [0, 0.1) is 5.92 Å². The first kappa shape index (κ1) is 12.6. The van der Waals surface area contributed by atoms with Gasteiger partial charge in [0.15, 0.2) is 0 Å². The molecule has 0 aromatic rings. The maximum atomic E-state index is 4.49. The van der Waals surface area contributed by atoms with E-state index in [9.17, 15) is 0 Å². The minimum Gasteiger partial charge on any atom is -0.255 e. The van der Waals surface area contributed by atoms with Gasteiger partial charge in [0.2, 0.25) is 0 Å². The molecule has 0 N–H and O–H groups in total. The van der Waals surface area contributed by atoms with Crippen molar-refractivity contribution in [2.45, 2.75) is 34.1 Å². The predicted octanol–water partition coefficient (Wildman–Crippen LogP) is 3.92. The van der Waals surface area contributed by atoms with Crippen LogP contribution < -0.4 is 0 Å². The minimum atomic E-state index is 0.519. The number of allylic oxidation sites excluding steroid dienone is 4. The Morgan fingerprint density at radius 2 is 2.19 bits per heavy atom. The van der Waals surface area contributed by atoms with Crippen molar-refractivity contribution in [1.82, 2.24) is 0 Å². The Hall–Kier alpha value is -1.44. The van der Waals surface area contributed by atoms with Gasteiger partial charge in [0.25, 0.3) is 0 Å². The van der Waals surface area contributed by atoms with Gasteiger partial charge in [-0.15, -0.1) is 0 Å². The molecular weight excluding hydrogens is 196 g/mol. The molecule has 0 saturated heterocycles. The van der Waals surface area contributed by atoms with Crippen LogP contribution in [0.1, 0.15) is 34.1 Å². The summed E-state index contributed by atoms with van der Waals surface area (Å²) in [5.41, 5.74) is 3.26. The molecular formula is C14H20N2. The van der Waals surface area contributed by atoms with Crippen molar-refractivity contribution < 1.29 is 0 Å². The van der Waals surface area contributed by atoms with Crippen LogP contribution in [-0.2, 0) is 0 Å². The van der Waals surface area contributed by atoms with E-state index >= 15 is 0 Å². The molecule has 1 unspecified atom stereocenters. The Bertz CT molecular complexity index is 382. The van der Waals surface area contributed by atoms with Crippen LogP contribution in [0.15, 0.2) is 45.7 Å². The fourth-order valence-electron chi connectivity index (χ4n) is 1.60. The third-order valence-electron chi connectivity index (χ3n) is 2.75. The van der Waals surface area contributed by atoms with Crippen molar-refractivity contribution in [2.24, 2.45) is 15.9 Å². The molecule has 2 nitrogen and oxygen atoms in total. The third kappa shape index (κ3) is 2.78. The zero-order chi connectivity index (χ0) is 12.0. The van der Waals surface area contributed by atoms with Gasteiger partial charge in [-0.05, 0) is 37.8 Å². The van der Waals surface area contributed by atoms with E-state index in [1.165, 1.54) is 5.57 Å². The number of nitrogens with zero attached hydrogens (tertiary/aromatic N) is 2. The Kier molecular flexibility index (Phi) is 4.90. The largest absolute Gasteiger partial charge is 0.255 e. The molecule has 0 amide bonds. The third-order valence-corrected chi connectivity index (χ3v) is 2.75. The summed E-state index contributed by atoms with van der Waals surface area (Å²) in [7, 11) is 0. The lowest BCUT2D eigenvalue weighted by atomic mass is 9.91. The van der Waals surface area contributed by atoms with Gasteiger partial charge in [-0.2, -0.15) is 0 Å². The molecule has 1 atom stereocenters. The normalized spacial score (nSPS) is 23.1. The second-order valence-corrected chi connectivity index (χ2v) is 3.84. The lowest BCUT2D eigenvalue weighted by Gasteiger charge is -2.18. The Morgan fingerprint density at radius 1 is 1.44 bits per heavy atom. The lowest BCUT2D eigenvalue weighted by Crippen LogP contribution is -2.15. The van der Waals surface area contributed by atoms with E-state index in [1.807, 2.05) is 38.4 Å². The van der Waals surface area contributed by atoms with Crippen LogP contribution in [0.3, 0.4) is 0 Å². The van der Waals surface area contributed by atoms with Crippen molar-refractivity contribution >= 4 is 11.9 Å². The predicted molar refractivity (Wildman–Crippen MR) is 72.0 cm³/mol. The molecule has 1 rings (SSSR count). The Labute approximate surface area is 98.2 Å². The highest BCUT2D eigenvalue weighted by Gasteiger charge is 2.18. The van der Waals surface area contributed by atoms with E-state index in [0.717, 1.165) is 17.8 Å². The van der Waals surface area contributed by atoms with Crippen molar-refractivity contribution in [1.29, 1.82) is 0 Å². The zero-order valence-corrected chi connectivity index (χ0v) is 10.6.